The average Bonchev–Trinajstić information content (AvgIpc) is 1.27. The fourth-order valence-electron chi connectivity index (χ4n) is 0. The van der Waals surface area contributed by atoms with Crippen LogP contribution in [0.4, 0.5) is 0 Å². The fourth-order valence-corrected chi connectivity index (χ4v) is 0. The molecule has 0 bridgehead atoms. The van der Waals surface area contributed by atoms with Crippen LogP contribution in [0.15, 0.2) is 0 Å². The molecule has 0 heterocycles. The molecule has 0 saturated heterocycles. The Hall–Kier alpha value is 0.340. The summed E-state index contributed by atoms with van der Waals surface area (Å²) < 4.78 is 31.6. The molecule has 0 saturated carbocycles. The summed E-state index contributed by atoms with van der Waals surface area (Å²) in [6, 6.07) is 0. The Kier molecular flexibility index (Phi) is 15.0. The molecule has 9 heavy (non-hydrogen) atoms. The summed E-state index contributed by atoms with van der Waals surface area (Å²) in [6.07, 6.45) is 0. The van der Waals surface area contributed by atoms with Gasteiger partial charge in [-0.1, -0.05) is 0 Å². The summed E-state index contributed by atoms with van der Waals surface area (Å²) in [6.45, 7) is -0.500. The summed E-state index contributed by atoms with van der Waals surface area (Å²) in [7, 11) is -4.67. The maximum absolute atomic E-state index is 8.74. The molecule has 0 rings (SSSR count). The number of carbonyl (C=O) groups is 1. The maximum Gasteiger partial charge on any atom is 1.00 e. The first-order valence-electron chi connectivity index (χ1n) is 1.17. The van der Waals surface area contributed by atoms with Gasteiger partial charge in [0.15, 0.2) is 0 Å². The summed E-state index contributed by atoms with van der Waals surface area (Å²) in [5, 5.41) is 8.25. The third-order valence-electron chi connectivity index (χ3n) is 0. The van der Waals surface area contributed by atoms with Crippen molar-refractivity contribution in [1.29, 1.82) is 0 Å². The van der Waals surface area contributed by atoms with E-state index in [0.717, 1.165) is 0 Å². The van der Waals surface area contributed by atoms with Crippen LogP contribution in [0.2, 0.25) is 0 Å². The van der Waals surface area contributed by atoms with Gasteiger partial charge in [-0.05, 0) is 0 Å². The third kappa shape index (κ3) is 2900. The molecular weight excluding hydrogens is 163 g/mol. The minimum absolute atomic E-state index is 0. The van der Waals surface area contributed by atoms with Gasteiger partial charge in [-0.2, -0.15) is 8.42 Å². The minimum Gasteiger partial charge on any atom is -0.554 e. The monoisotopic (exact) mass is 166 g/mol. The van der Waals surface area contributed by atoms with Crippen molar-refractivity contribution in [3.63, 3.8) is 0 Å². The second-order valence-electron chi connectivity index (χ2n) is 0.544. The SMILES string of the molecule is O=C[O-].O=S(=O)(O)O.[Na+]. The van der Waals surface area contributed by atoms with Crippen LogP contribution in [0.25, 0.3) is 0 Å². The molecule has 0 aromatic rings. The van der Waals surface area contributed by atoms with Crippen molar-refractivity contribution >= 4 is 16.9 Å². The van der Waals surface area contributed by atoms with E-state index in [-0.39, 0.29) is 29.6 Å². The Morgan fingerprint density at radius 3 is 1.33 bits per heavy atom. The van der Waals surface area contributed by atoms with Gasteiger partial charge in [0.25, 0.3) is 0 Å². The maximum atomic E-state index is 8.74. The van der Waals surface area contributed by atoms with Gasteiger partial charge in [-0.15, -0.1) is 0 Å². The molecule has 6 nitrogen and oxygen atoms in total. The molecular formula is CH3NaO6S. The van der Waals surface area contributed by atoms with Crippen LogP contribution < -0.4 is 34.7 Å². The minimum atomic E-state index is -4.67. The van der Waals surface area contributed by atoms with E-state index in [0.29, 0.717) is 0 Å². The number of rotatable bonds is 0. The van der Waals surface area contributed by atoms with Crippen LogP contribution in [-0.2, 0) is 15.2 Å². The topological polar surface area (TPSA) is 115 Å². The van der Waals surface area contributed by atoms with Crippen LogP contribution in [0.5, 0.6) is 0 Å². The quantitative estimate of drug-likeness (QED) is 0.211. The number of hydrogen-bond donors (Lipinski definition) is 2. The normalized spacial score (nSPS) is 7.78. The van der Waals surface area contributed by atoms with Crippen LogP contribution in [0.3, 0.4) is 0 Å². The Morgan fingerprint density at radius 2 is 1.33 bits per heavy atom. The van der Waals surface area contributed by atoms with Gasteiger partial charge >= 0.3 is 40.0 Å². The van der Waals surface area contributed by atoms with Crippen LogP contribution in [-0.4, -0.2) is 24.0 Å². The van der Waals surface area contributed by atoms with Gasteiger partial charge in [0, 0.05) is 6.47 Å². The number of carboxylic acid groups (broad SMARTS) is 1. The largest absolute Gasteiger partial charge is 1.00 e. The summed E-state index contributed by atoms with van der Waals surface area (Å²) in [5.41, 5.74) is 0. The zero-order valence-electron chi connectivity index (χ0n) is 4.51. The van der Waals surface area contributed by atoms with Crippen molar-refractivity contribution in [3.8, 4) is 0 Å². The van der Waals surface area contributed by atoms with Crippen LogP contribution in [0.1, 0.15) is 0 Å². The molecule has 0 radical (unpaired) electrons. The first kappa shape index (κ1) is 16.2. The van der Waals surface area contributed by atoms with E-state index in [4.69, 9.17) is 27.4 Å². The fraction of sp³-hybridized carbons (Fsp3) is 0. The number of carbonyl (C=O) groups excluding carboxylic acids is 1. The Labute approximate surface area is 73.7 Å². The van der Waals surface area contributed by atoms with E-state index >= 15 is 0 Å². The van der Waals surface area contributed by atoms with Crippen LogP contribution >= 0.6 is 0 Å². The molecule has 0 aromatic carbocycles. The molecule has 0 aliphatic heterocycles. The van der Waals surface area contributed by atoms with Gasteiger partial charge < -0.3 is 9.90 Å². The molecule has 0 atom stereocenters. The molecule has 0 unspecified atom stereocenters. The summed E-state index contributed by atoms with van der Waals surface area (Å²) in [4.78, 5) is 8.25. The Morgan fingerprint density at radius 1 is 1.33 bits per heavy atom. The van der Waals surface area contributed by atoms with Gasteiger partial charge in [-0.25, -0.2) is 0 Å². The van der Waals surface area contributed by atoms with Crippen molar-refractivity contribution in [1.82, 2.24) is 0 Å². The third-order valence-corrected chi connectivity index (χ3v) is 0. The van der Waals surface area contributed by atoms with Crippen molar-refractivity contribution in [2.24, 2.45) is 0 Å². The molecule has 0 aromatic heterocycles. The van der Waals surface area contributed by atoms with Gasteiger partial charge in [0.05, 0.1) is 0 Å². The molecule has 0 spiro atoms. The van der Waals surface area contributed by atoms with E-state index in [1.807, 2.05) is 0 Å². The summed E-state index contributed by atoms with van der Waals surface area (Å²) >= 11 is 0. The second-order valence-corrected chi connectivity index (χ2v) is 1.44. The molecule has 50 valence electrons. The van der Waals surface area contributed by atoms with Gasteiger partial charge in [0.2, 0.25) is 0 Å². The number of hydrogen-bond acceptors (Lipinski definition) is 4. The molecule has 0 aliphatic rings. The van der Waals surface area contributed by atoms with Crippen molar-refractivity contribution in [2.45, 2.75) is 0 Å². The Bertz CT molecular complexity index is 127. The molecule has 0 amide bonds. The van der Waals surface area contributed by atoms with Gasteiger partial charge in [0.1, 0.15) is 0 Å². The predicted molar refractivity (Wildman–Crippen MR) is 20.2 cm³/mol. The molecule has 0 aliphatic carbocycles. The first-order valence-corrected chi connectivity index (χ1v) is 2.57. The van der Waals surface area contributed by atoms with Crippen molar-refractivity contribution < 1.29 is 57.0 Å². The smallest absolute Gasteiger partial charge is 0.554 e. The van der Waals surface area contributed by atoms with E-state index in [1.165, 1.54) is 0 Å². The predicted octanol–water partition coefficient (Wildman–Crippen LogP) is -5.28. The standard InChI is InChI=1S/CH2O2.Na.H2O4S/c2-1-3;;1-5(2,3)4/h1H,(H,2,3);;(H2,1,2,3,4)/q;+1;/p-1. The zero-order chi connectivity index (χ0) is 7.21. The molecule has 2 N–H and O–H groups in total. The van der Waals surface area contributed by atoms with E-state index < -0.39 is 16.9 Å². The van der Waals surface area contributed by atoms with E-state index in [2.05, 4.69) is 0 Å². The summed E-state index contributed by atoms with van der Waals surface area (Å²) in [5.74, 6) is 0. The Balaban J connectivity index is -0.0000000800. The van der Waals surface area contributed by atoms with Crippen molar-refractivity contribution in [3.05, 3.63) is 0 Å². The second kappa shape index (κ2) is 8.34. The van der Waals surface area contributed by atoms with Crippen molar-refractivity contribution in [2.75, 3.05) is 0 Å². The van der Waals surface area contributed by atoms with Gasteiger partial charge in [-0.3, -0.25) is 9.11 Å². The van der Waals surface area contributed by atoms with Crippen LogP contribution in [0, 0.1) is 0 Å². The molecule has 0 fully saturated rings. The zero-order valence-corrected chi connectivity index (χ0v) is 7.33. The van der Waals surface area contributed by atoms with E-state index in [1.54, 1.807) is 0 Å². The van der Waals surface area contributed by atoms with E-state index in [9.17, 15) is 0 Å². The molecule has 8 heteroatoms. The first-order chi connectivity index (χ1) is 3.41. The average molecular weight is 166 g/mol.